The molecule has 0 saturated heterocycles. The maximum Gasteiger partial charge on any atom is 0.344 e. The Hall–Kier alpha value is -2.83. The zero-order chi connectivity index (χ0) is 17.7. The molecule has 128 valence electrons. The van der Waals surface area contributed by atoms with Crippen LogP contribution in [0.1, 0.15) is 34.3 Å². The van der Waals surface area contributed by atoms with E-state index in [4.69, 9.17) is 14.0 Å². The fourth-order valence-corrected chi connectivity index (χ4v) is 2.23. The van der Waals surface area contributed by atoms with Gasteiger partial charge < -0.3 is 19.3 Å². The van der Waals surface area contributed by atoms with Gasteiger partial charge in [-0.25, -0.2) is 4.79 Å². The molecular weight excluding hydrogens is 312 g/mol. The normalized spacial score (nSPS) is 10.3. The molecule has 0 aliphatic carbocycles. The Labute approximate surface area is 139 Å². The van der Waals surface area contributed by atoms with Gasteiger partial charge in [0.15, 0.2) is 6.61 Å². The molecule has 0 unspecified atom stereocenters. The molecule has 0 fully saturated rings. The van der Waals surface area contributed by atoms with E-state index in [2.05, 4.69) is 10.5 Å². The number of benzene rings is 1. The molecular formula is C17H20N2O5. The van der Waals surface area contributed by atoms with E-state index in [1.54, 1.807) is 19.1 Å². The Morgan fingerprint density at radius 1 is 1.29 bits per heavy atom. The Morgan fingerprint density at radius 2 is 2.04 bits per heavy atom. The van der Waals surface area contributed by atoms with E-state index < -0.39 is 18.5 Å². The molecule has 24 heavy (non-hydrogen) atoms. The van der Waals surface area contributed by atoms with Gasteiger partial charge in [0.1, 0.15) is 17.1 Å². The fourth-order valence-electron chi connectivity index (χ4n) is 2.23. The third-order valence-corrected chi connectivity index (χ3v) is 3.44. The van der Waals surface area contributed by atoms with Crippen LogP contribution in [-0.2, 0) is 16.0 Å². The number of methoxy groups -OCH3 is 1. The summed E-state index contributed by atoms with van der Waals surface area (Å²) in [6.07, 6.45) is 0.536. The van der Waals surface area contributed by atoms with Crippen LogP contribution in [0.15, 0.2) is 22.7 Å². The van der Waals surface area contributed by atoms with Crippen molar-refractivity contribution < 1.29 is 23.6 Å². The molecule has 0 spiro atoms. The van der Waals surface area contributed by atoms with Crippen molar-refractivity contribution in [2.75, 3.05) is 19.0 Å². The minimum absolute atomic E-state index is 0.276. The van der Waals surface area contributed by atoms with Crippen LogP contribution >= 0.6 is 0 Å². The highest BCUT2D eigenvalue weighted by atomic mass is 16.5. The fraction of sp³-hybridized carbons (Fsp3) is 0.353. The summed E-state index contributed by atoms with van der Waals surface area (Å²) in [7, 11) is 1.52. The van der Waals surface area contributed by atoms with Crippen LogP contribution in [0.25, 0.3) is 0 Å². The van der Waals surface area contributed by atoms with Crippen molar-refractivity contribution in [2.45, 2.75) is 27.2 Å². The molecule has 1 N–H and O–H groups in total. The zero-order valence-corrected chi connectivity index (χ0v) is 14.1. The number of aryl methyl sites for hydroxylation is 3. The number of aromatic nitrogens is 1. The molecule has 0 saturated carbocycles. The van der Waals surface area contributed by atoms with Gasteiger partial charge in [-0.1, -0.05) is 18.1 Å². The Kier molecular flexibility index (Phi) is 5.57. The number of ether oxygens (including phenoxy) is 2. The summed E-state index contributed by atoms with van der Waals surface area (Å²) in [5, 5.41) is 6.46. The number of nitrogens with one attached hydrogen (secondary N) is 1. The lowest BCUT2D eigenvalue weighted by Gasteiger charge is -2.11. The number of carbonyl (C=O) groups excluding carboxylic acids is 2. The zero-order valence-electron chi connectivity index (χ0n) is 14.1. The Bertz CT molecular complexity index is 751. The third-order valence-electron chi connectivity index (χ3n) is 3.44. The number of amides is 1. The van der Waals surface area contributed by atoms with Crippen LogP contribution < -0.4 is 10.1 Å². The van der Waals surface area contributed by atoms with Crippen LogP contribution in [0, 0.1) is 13.8 Å². The van der Waals surface area contributed by atoms with E-state index in [-0.39, 0.29) is 5.56 Å². The molecule has 1 amide bonds. The lowest BCUT2D eigenvalue weighted by Crippen LogP contribution is -2.21. The summed E-state index contributed by atoms with van der Waals surface area (Å²) in [6, 6.07) is 5.40. The molecule has 1 aromatic carbocycles. The van der Waals surface area contributed by atoms with Gasteiger partial charge in [-0.15, -0.1) is 0 Å². The Balaban J connectivity index is 2.00. The predicted molar refractivity (Wildman–Crippen MR) is 87.3 cm³/mol. The van der Waals surface area contributed by atoms with Gasteiger partial charge in [0.2, 0.25) is 0 Å². The molecule has 2 aromatic rings. The summed E-state index contributed by atoms with van der Waals surface area (Å²) < 4.78 is 15.2. The van der Waals surface area contributed by atoms with Crippen molar-refractivity contribution in [3.63, 3.8) is 0 Å². The summed E-state index contributed by atoms with van der Waals surface area (Å²) >= 11 is 0. The lowest BCUT2D eigenvalue weighted by atomic mass is 10.1. The number of esters is 1. The molecule has 1 aromatic heterocycles. The summed E-state index contributed by atoms with van der Waals surface area (Å²) in [5.41, 5.74) is 2.28. The number of carbonyl (C=O) groups is 2. The molecule has 0 aliphatic heterocycles. The molecule has 0 bridgehead atoms. The second kappa shape index (κ2) is 7.63. The third kappa shape index (κ3) is 3.92. The average molecular weight is 332 g/mol. The molecule has 2 rings (SSSR count). The molecule has 7 nitrogen and oxygen atoms in total. The van der Waals surface area contributed by atoms with Crippen LogP contribution in [0.3, 0.4) is 0 Å². The van der Waals surface area contributed by atoms with Gasteiger partial charge in [-0.3, -0.25) is 4.79 Å². The number of hydrogen-bond donors (Lipinski definition) is 1. The second-order valence-electron chi connectivity index (χ2n) is 5.24. The van der Waals surface area contributed by atoms with Crippen molar-refractivity contribution in [2.24, 2.45) is 0 Å². The highest BCUT2D eigenvalue weighted by molar-refractivity contribution is 5.97. The van der Waals surface area contributed by atoms with Crippen molar-refractivity contribution in [1.29, 1.82) is 0 Å². The van der Waals surface area contributed by atoms with E-state index in [0.29, 0.717) is 29.3 Å². The molecule has 0 radical (unpaired) electrons. The van der Waals surface area contributed by atoms with Crippen molar-refractivity contribution in [3.05, 3.63) is 40.8 Å². The first kappa shape index (κ1) is 17.5. The highest BCUT2D eigenvalue weighted by Gasteiger charge is 2.21. The van der Waals surface area contributed by atoms with Crippen LogP contribution in [0.4, 0.5) is 5.69 Å². The van der Waals surface area contributed by atoms with E-state index >= 15 is 0 Å². The smallest absolute Gasteiger partial charge is 0.344 e. The monoisotopic (exact) mass is 332 g/mol. The molecule has 0 aliphatic rings. The van der Waals surface area contributed by atoms with Gasteiger partial charge in [-0.2, -0.15) is 0 Å². The first-order chi connectivity index (χ1) is 11.5. The summed E-state index contributed by atoms with van der Waals surface area (Å²) in [6.45, 7) is 4.96. The number of anilines is 1. The number of rotatable bonds is 6. The van der Waals surface area contributed by atoms with Gasteiger partial charge >= 0.3 is 5.97 Å². The number of nitrogens with zero attached hydrogens (tertiary/aromatic N) is 1. The lowest BCUT2D eigenvalue weighted by molar-refractivity contribution is -0.119. The van der Waals surface area contributed by atoms with Gasteiger partial charge in [0.05, 0.1) is 18.5 Å². The van der Waals surface area contributed by atoms with Crippen LogP contribution in [-0.4, -0.2) is 30.7 Å². The van der Waals surface area contributed by atoms with Gasteiger partial charge in [-0.05, 0) is 38.0 Å². The van der Waals surface area contributed by atoms with Crippen LogP contribution in [0.5, 0.6) is 5.75 Å². The van der Waals surface area contributed by atoms with E-state index in [0.717, 1.165) is 5.56 Å². The van der Waals surface area contributed by atoms with Crippen LogP contribution in [0.2, 0.25) is 0 Å². The second-order valence-corrected chi connectivity index (χ2v) is 5.24. The van der Waals surface area contributed by atoms with Gasteiger partial charge in [0.25, 0.3) is 5.91 Å². The largest absolute Gasteiger partial charge is 0.495 e. The quantitative estimate of drug-likeness (QED) is 0.818. The SMILES string of the molecule is CCc1noc(C)c1C(=O)OCC(=O)Nc1cc(C)ccc1OC. The summed E-state index contributed by atoms with van der Waals surface area (Å²) in [5.74, 6) is -0.183. The van der Waals surface area contributed by atoms with E-state index in [1.807, 2.05) is 19.9 Å². The molecule has 1 heterocycles. The highest BCUT2D eigenvalue weighted by Crippen LogP contribution is 2.25. The molecule has 7 heteroatoms. The maximum absolute atomic E-state index is 12.1. The van der Waals surface area contributed by atoms with Crippen molar-refractivity contribution in [3.8, 4) is 5.75 Å². The van der Waals surface area contributed by atoms with Crippen molar-refractivity contribution in [1.82, 2.24) is 5.16 Å². The standard InChI is InChI=1S/C17H20N2O5/c1-5-12-16(11(3)24-19-12)17(21)23-9-15(20)18-13-8-10(2)6-7-14(13)22-4/h6-8H,5,9H2,1-4H3,(H,18,20). The predicted octanol–water partition coefficient (Wildman–Crippen LogP) is 2.66. The van der Waals surface area contributed by atoms with E-state index in [1.165, 1.54) is 7.11 Å². The maximum atomic E-state index is 12.1. The Morgan fingerprint density at radius 3 is 2.71 bits per heavy atom. The topological polar surface area (TPSA) is 90.7 Å². The average Bonchev–Trinajstić information content (AvgIpc) is 2.93. The minimum Gasteiger partial charge on any atom is -0.495 e. The summed E-state index contributed by atoms with van der Waals surface area (Å²) in [4.78, 5) is 24.1. The minimum atomic E-state index is -0.628. The van der Waals surface area contributed by atoms with Crippen molar-refractivity contribution >= 4 is 17.6 Å². The molecule has 0 atom stereocenters. The first-order valence-electron chi connectivity index (χ1n) is 7.53. The number of hydrogen-bond acceptors (Lipinski definition) is 6. The van der Waals surface area contributed by atoms with Gasteiger partial charge in [0, 0.05) is 0 Å². The van der Waals surface area contributed by atoms with E-state index in [9.17, 15) is 9.59 Å². The first-order valence-corrected chi connectivity index (χ1v) is 7.53.